The highest BCUT2D eigenvalue weighted by molar-refractivity contribution is 5.71. The number of ether oxygens (including phenoxy) is 2. The highest BCUT2D eigenvalue weighted by Crippen LogP contribution is 2.21. The van der Waals surface area contributed by atoms with Crippen molar-refractivity contribution in [1.82, 2.24) is 0 Å². The van der Waals surface area contributed by atoms with E-state index in [1.165, 1.54) is 0 Å². The van der Waals surface area contributed by atoms with Gasteiger partial charge in [-0.15, -0.1) is 0 Å². The van der Waals surface area contributed by atoms with E-state index in [9.17, 15) is 4.79 Å². The van der Waals surface area contributed by atoms with Crippen molar-refractivity contribution in [3.63, 3.8) is 0 Å². The summed E-state index contributed by atoms with van der Waals surface area (Å²) in [6.45, 7) is 1.74. The zero-order chi connectivity index (χ0) is 15.2. The fraction of sp³-hybridized carbons (Fsp3) is 0.188. The van der Waals surface area contributed by atoms with E-state index in [0.717, 1.165) is 0 Å². The van der Waals surface area contributed by atoms with Gasteiger partial charge in [-0.05, 0) is 30.3 Å². The molecular weight excluding hydrogens is 270 g/mol. The van der Waals surface area contributed by atoms with Crippen LogP contribution in [0.2, 0.25) is 0 Å². The van der Waals surface area contributed by atoms with E-state index >= 15 is 0 Å². The zero-order valence-corrected chi connectivity index (χ0v) is 11.7. The number of aliphatic carboxylic acids is 1. The maximum atomic E-state index is 10.8. The van der Waals surface area contributed by atoms with E-state index in [4.69, 9.17) is 20.3 Å². The number of para-hydroxylation sites is 1. The van der Waals surface area contributed by atoms with Gasteiger partial charge in [0.05, 0.1) is 6.42 Å². The molecule has 1 unspecified atom stereocenters. The molecule has 110 valence electrons. The summed E-state index contributed by atoms with van der Waals surface area (Å²) in [4.78, 5) is 10.8. The van der Waals surface area contributed by atoms with Gasteiger partial charge in [-0.25, -0.2) is 0 Å². The van der Waals surface area contributed by atoms with Crippen molar-refractivity contribution in [2.45, 2.75) is 19.6 Å². The van der Waals surface area contributed by atoms with Crippen LogP contribution < -0.4 is 15.2 Å². The summed E-state index contributed by atoms with van der Waals surface area (Å²) in [5.41, 5.74) is 6.87. The Labute approximate surface area is 122 Å². The van der Waals surface area contributed by atoms with Gasteiger partial charge in [0.2, 0.25) is 6.29 Å². The highest BCUT2D eigenvalue weighted by atomic mass is 16.7. The molecule has 0 amide bonds. The monoisotopic (exact) mass is 287 g/mol. The minimum absolute atomic E-state index is 0.0925. The van der Waals surface area contributed by atoms with Gasteiger partial charge in [-0.1, -0.05) is 18.2 Å². The van der Waals surface area contributed by atoms with E-state index in [0.29, 0.717) is 22.7 Å². The Morgan fingerprint density at radius 1 is 1.14 bits per heavy atom. The van der Waals surface area contributed by atoms with Crippen LogP contribution in [0.1, 0.15) is 12.5 Å². The highest BCUT2D eigenvalue weighted by Gasteiger charge is 2.11. The number of carboxylic acids is 1. The zero-order valence-electron chi connectivity index (χ0n) is 11.7. The van der Waals surface area contributed by atoms with Gasteiger partial charge in [0, 0.05) is 18.2 Å². The average molecular weight is 287 g/mol. The maximum Gasteiger partial charge on any atom is 0.307 e. The lowest BCUT2D eigenvalue weighted by Gasteiger charge is -2.18. The standard InChI is InChI=1S/C16H17NO4/c1-11(20-14-8-6-13(17)7-9-14)21-15-5-3-2-4-12(15)10-16(18)19/h2-9,11H,10,17H2,1H3,(H,18,19). The molecule has 0 radical (unpaired) electrons. The maximum absolute atomic E-state index is 10.8. The molecule has 0 aromatic heterocycles. The van der Waals surface area contributed by atoms with E-state index in [1.807, 2.05) is 0 Å². The van der Waals surface area contributed by atoms with E-state index < -0.39 is 12.3 Å². The minimum Gasteiger partial charge on any atom is -0.481 e. The molecule has 0 aliphatic carbocycles. The van der Waals surface area contributed by atoms with Crippen molar-refractivity contribution < 1.29 is 19.4 Å². The van der Waals surface area contributed by atoms with Crippen LogP contribution in [-0.2, 0) is 11.2 Å². The lowest BCUT2D eigenvalue weighted by atomic mass is 10.1. The quantitative estimate of drug-likeness (QED) is 0.630. The van der Waals surface area contributed by atoms with Gasteiger partial charge in [0.1, 0.15) is 11.5 Å². The van der Waals surface area contributed by atoms with Crippen molar-refractivity contribution in [3.05, 3.63) is 54.1 Å². The summed E-state index contributed by atoms with van der Waals surface area (Å²) < 4.78 is 11.3. The molecule has 0 saturated carbocycles. The fourth-order valence-electron chi connectivity index (χ4n) is 1.87. The minimum atomic E-state index is -0.904. The SMILES string of the molecule is CC(Oc1ccc(N)cc1)Oc1ccccc1CC(=O)O. The van der Waals surface area contributed by atoms with Gasteiger partial charge >= 0.3 is 5.97 Å². The molecule has 0 bridgehead atoms. The van der Waals surface area contributed by atoms with Crippen molar-refractivity contribution in [2.24, 2.45) is 0 Å². The largest absolute Gasteiger partial charge is 0.481 e. The smallest absolute Gasteiger partial charge is 0.307 e. The topological polar surface area (TPSA) is 81.8 Å². The Bertz CT molecular complexity index is 610. The number of carboxylic acid groups (broad SMARTS) is 1. The Kier molecular flexibility index (Phi) is 4.66. The Balaban J connectivity index is 2.03. The molecule has 21 heavy (non-hydrogen) atoms. The first-order valence-corrected chi connectivity index (χ1v) is 6.53. The molecule has 3 N–H and O–H groups in total. The predicted molar refractivity (Wildman–Crippen MR) is 79.4 cm³/mol. The second kappa shape index (κ2) is 6.65. The van der Waals surface area contributed by atoms with Crippen LogP contribution in [-0.4, -0.2) is 17.4 Å². The van der Waals surface area contributed by atoms with Crippen LogP contribution in [0, 0.1) is 0 Å². The molecule has 0 heterocycles. The second-order valence-corrected chi connectivity index (χ2v) is 4.55. The fourth-order valence-corrected chi connectivity index (χ4v) is 1.87. The number of nitrogens with two attached hydrogens (primary N) is 1. The number of rotatable bonds is 6. The molecule has 2 aromatic rings. The van der Waals surface area contributed by atoms with E-state index in [1.54, 1.807) is 55.5 Å². The van der Waals surface area contributed by atoms with Crippen molar-refractivity contribution in [3.8, 4) is 11.5 Å². The lowest BCUT2D eigenvalue weighted by Crippen LogP contribution is -2.20. The molecular formula is C16H17NO4. The van der Waals surface area contributed by atoms with Crippen LogP contribution in [0.5, 0.6) is 11.5 Å². The third-order valence-corrected chi connectivity index (χ3v) is 2.79. The molecule has 0 spiro atoms. The summed E-state index contributed by atoms with van der Waals surface area (Å²) in [5.74, 6) is 0.230. The van der Waals surface area contributed by atoms with Crippen LogP contribution in [0.25, 0.3) is 0 Å². The van der Waals surface area contributed by atoms with Gasteiger partial charge in [0.25, 0.3) is 0 Å². The number of hydrogen-bond acceptors (Lipinski definition) is 4. The third-order valence-electron chi connectivity index (χ3n) is 2.79. The number of carbonyl (C=O) groups is 1. The van der Waals surface area contributed by atoms with Crippen LogP contribution in [0.3, 0.4) is 0 Å². The normalized spacial score (nSPS) is 11.7. The van der Waals surface area contributed by atoms with Gasteiger partial charge in [-0.3, -0.25) is 4.79 Å². The first-order valence-electron chi connectivity index (χ1n) is 6.53. The lowest BCUT2D eigenvalue weighted by molar-refractivity contribution is -0.136. The summed E-state index contributed by atoms with van der Waals surface area (Å²) >= 11 is 0. The number of anilines is 1. The van der Waals surface area contributed by atoms with Crippen molar-refractivity contribution >= 4 is 11.7 Å². The molecule has 0 aliphatic heterocycles. The van der Waals surface area contributed by atoms with Crippen LogP contribution in [0.4, 0.5) is 5.69 Å². The van der Waals surface area contributed by atoms with Crippen molar-refractivity contribution in [2.75, 3.05) is 5.73 Å². The first kappa shape index (κ1) is 14.7. The van der Waals surface area contributed by atoms with E-state index in [-0.39, 0.29) is 6.42 Å². The molecule has 0 saturated heterocycles. The summed E-state index contributed by atoms with van der Waals surface area (Å²) in [7, 11) is 0. The van der Waals surface area contributed by atoms with Gasteiger partial charge in [0.15, 0.2) is 0 Å². The Morgan fingerprint density at radius 3 is 2.48 bits per heavy atom. The number of hydrogen-bond donors (Lipinski definition) is 2. The molecule has 5 heteroatoms. The molecule has 1 atom stereocenters. The summed E-state index contributed by atoms with van der Waals surface area (Å²) in [5, 5.41) is 8.89. The molecule has 0 aliphatic rings. The van der Waals surface area contributed by atoms with E-state index in [2.05, 4.69) is 0 Å². The molecule has 0 fully saturated rings. The third kappa shape index (κ3) is 4.42. The Hall–Kier alpha value is -2.69. The average Bonchev–Trinajstić information content (AvgIpc) is 2.43. The van der Waals surface area contributed by atoms with Crippen LogP contribution >= 0.6 is 0 Å². The van der Waals surface area contributed by atoms with Crippen molar-refractivity contribution in [1.29, 1.82) is 0 Å². The summed E-state index contributed by atoms with van der Waals surface area (Å²) in [6, 6.07) is 14.0. The number of benzene rings is 2. The summed E-state index contributed by atoms with van der Waals surface area (Å²) in [6.07, 6.45) is -0.645. The predicted octanol–water partition coefficient (Wildman–Crippen LogP) is 2.70. The second-order valence-electron chi connectivity index (χ2n) is 4.55. The molecule has 2 aromatic carbocycles. The first-order chi connectivity index (χ1) is 10.0. The van der Waals surface area contributed by atoms with Crippen LogP contribution in [0.15, 0.2) is 48.5 Å². The number of nitrogen functional groups attached to an aromatic ring is 1. The molecule has 2 rings (SSSR count). The molecule has 5 nitrogen and oxygen atoms in total. The van der Waals surface area contributed by atoms with Gasteiger partial charge in [-0.2, -0.15) is 0 Å². The van der Waals surface area contributed by atoms with Gasteiger partial charge < -0.3 is 20.3 Å². The Morgan fingerprint density at radius 2 is 1.81 bits per heavy atom.